The van der Waals surface area contributed by atoms with Gasteiger partial charge in [-0.25, -0.2) is 9.97 Å². The van der Waals surface area contributed by atoms with Gasteiger partial charge in [-0.1, -0.05) is 6.92 Å². The molecule has 0 atom stereocenters. The first-order valence-electron chi connectivity index (χ1n) is 6.53. The van der Waals surface area contributed by atoms with Crippen molar-refractivity contribution in [2.45, 2.75) is 39.9 Å². The molecule has 2 aromatic heterocycles. The molecule has 5 nitrogen and oxygen atoms in total. The maximum Gasteiger partial charge on any atom is 0.0953 e. The highest BCUT2D eigenvalue weighted by Crippen LogP contribution is 2.04. The van der Waals surface area contributed by atoms with Gasteiger partial charge in [0.15, 0.2) is 0 Å². The quantitative estimate of drug-likeness (QED) is 0.757. The average Bonchev–Trinajstić information content (AvgIpc) is 2.99. The molecule has 2 rings (SSSR count). The van der Waals surface area contributed by atoms with Crippen molar-refractivity contribution in [2.24, 2.45) is 0 Å². The number of aromatic nitrogens is 4. The van der Waals surface area contributed by atoms with Gasteiger partial charge in [0.1, 0.15) is 0 Å². The van der Waals surface area contributed by atoms with E-state index in [4.69, 9.17) is 0 Å². The zero-order chi connectivity index (χ0) is 12.8. The van der Waals surface area contributed by atoms with E-state index < -0.39 is 0 Å². The van der Waals surface area contributed by atoms with E-state index in [9.17, 15) is 0 Å². The Morgan fingerprint density at radius 2 is 2.17 bits per heavy atom. The van der Waals surface area contributed by atoms with Crippen molar-refractivity contribution in [3.63, 3.8) is 0 Å². The molecule has 0 saturated carbocycles. The van der Waals surface area contributed by atoms with Crippen LogP contribution in [0.1, 0.15) is 31.7 Å². The van der Waals surface area contributed by atoms with Crippen molar-refractivity contribution in [1.82, 2.24) is 24.4 Å². The first-order chi connectivity index (χ1) is 8.83. The molecule has 98 valence electrons. The third-order valence-electron chi connectivity index (χ3n) is 2.90. The molecule has 2 heterocycles. The molecule has 0 amide bonds. The second-order valence-electron chi connectivity index (χ2n) is 4.39. The minimum absolute atomic E-state index is 0.828. The molecule has 0 radical (unpaired) electrons. The van der Waals surface area contributed by atoms with Gasteiger partial charge in [-0.05, 0) is 19.9 Å². The minimum atomic E-state index is 0.828. The topological polar surface area (TPSA) is 47.7 Å². The van der Waals surface area contributed by atoms with Gasteiger partial charge in [0.2, 0.25) is 0 Å². The van der Waals surface area contributed by atoms with Crippen LogP contribution in [0.5, 0.6) is 0 Å². The van der Waals surface area contributed by atoms with E-state index in [-0.39, 0.29) is 0 Å². The molecule has 0 saturated heterocycles. The highest BCUT2D eigenvalue weighted by Gasteiger charge is 2.03. The Hall–Kier alpha value is -1.62. The lowest BCUT2D eigenvalue weighted by atomic mass is 10.4. The summed E-state index contributed by atoms with van der Waals surface area (Å²) in [6.07, 6.45) is 8.91. The summed E-state index contributed by atoms with van der Waals surface area (Å²) in [5.41, 5.74) is 2.30. The number of nitrogens with zero attached hydrogens (tertiary/aromatic N) is 4. The van der Waals surface area contributed by atoms with E-state index in [1.807, 2.05) is 18.9 Å². The van der Waals surface area contributed by atoms with Crippen LogP contribution < -0.4 is 5.32 Å². The number of nitrogens with one attached hydrogen (secondary N) is 1. The predicted molar refractivity (Wildman–Crippen MR) is 71.2 cm³/mol. The molecule has 1 N–H and O–H groups in total. The minimum Gasteiger partial charge on any atom is -0.333 e. The lowest BCUT2D eigenvalue weighted by Crippen LogP contribution is -2.13. The molecule has 0 bridgehead atoms. The van der Waals surface area contributed by atoms with Crippen molar-refractivity contribution < 1.29 is 0 Å². The summed E-state index contributed by atoms with van der Waals surface area (Å²) >= 11 is 0. The molecule has 0 aliphatic rings. The largest absolute Gasteiger partial charge is 0.333 e. The van der Waals surface area contributed by atoms with Crippen LogP contribution in [0.3, 0.4) is 0 Å². The van der Waals surface area contributed by atoms with Gasteiger partial charge < -0.3 is 14.5 Å². The van der Waals surface area contributed by atoms with Crippen LogP contribution >= 0.6 is 0 Å². The molecule has 5 heteroatoms. The standard InChI is InChI=1S/C13H21N5/c1-3-5-14-6-12-8-17(11-16-12)9-13-7-15-10-18(13)4-2/h7-8,10-11,14H,3-6,9H2,1-2H3. The Morgan fingerprint density at radius 1 is 1.28 bits per heavy atom. The van der Waals surface area contributed by atoms with Gasteiger partial charge in [0.05, 0.1) is 30.6 Å². The normalized spacial score (nSPS) is 11.0. The van der Waals surface area contributed by atoms with E-state index in [1.165, 1.54) is 5.69 Å². The fraction of sp³-hybridized carbons (Fsp3) is 0.538. The van der Waals surface area contributed by atoms with Crippen LogP contribution in [-0.2, 0) is 19.6 Å². The van der Waals surface area contributed by atoms with Crippen LogP contribution in [0, 0.1) is 0 Å². The highest BCUT2D eigenvalue weighted by atomic mass is 15.1. The molecular formula is C13H21N5. The first-order valence-corrected chi connectivity index (χ1v) is 6.53. The Labute approximate surface area is 108 Å². The van der Waals surface area contributed by atoms with Gasteiger partial charge in [-0.15, -0.1) is 0 Å². The van der Waals surface area contributed by atoms with Gasteiger partial charge in [-0.3, -0.25) is 0 Å². The molecular weight excluding hydrogens is 226 g/mol. The van der Waals surface area contributed by atoms with Crippen molar-refractivity contribution in [2.75, 3.05) is 6.54 Å². The summed E-state index contributed by atoms with van der Waals surface area (Å²) in [5.74, 6) is 0. The van der Waals surface area contributed by atoms with Crippen molar-refractivity contribution in [1.29, 1.82) is 0 Å². The summed E-state index contributed by atoms with van der Waals surface area (Å²) < 4.78 is 4.25. The summed E-state index contributed by atoms with van der Waals surface area (Å²) in [4.78, 5) is 8.57. The summed E-state index contributed by atoms with van der Waals surface area (Å²) in [6.45, 7) is 7.95. The van der Waals surface area contributed by atoms with Gasteiger partial charge in [0, 0.05) is 25.5 Å². The second kappa shape index (κ2) is 6.35. The fourth-order valence-corrected chi connectivity index (χ4v) is 1.93. The van der Waals surface area contributed by atoms with E-state index in [0.717, 1.165) is 38.3 Å². The molecule has 0 aromatic carbocycles. The van der Waals surface area contributed by atoms with Crippen LogP contribution in [0.25, 0.3) is 0 Å². The molecule has 18 heavy (non-hydrogen) atoms. The Morgan fingerprint density at radius 3 is 2.94 bits per heavy atom. The van der Waals surface area contributed by atoms with Crippen LogP contribution in [-0.4, -0.2) is 25.6 Å². The summed E-state index contributed by atoms with van der Waals surface area (Å²) in [6, 6.07) is 0. The van der Waals surface area contributed by atoms with Gasteiger partial charge in [-0.2, -0.15) is 0 Å². The Kier molecular flexibility index (Phi) is 4.52. The van der Waals surface area contributed by atoms with E-state index >= 15 is 0 Å². The Bertz CT molecular complexity index is 471. The molecule has 0 aliphatic heterocycles. The number of rotatable bonds is 7. The van der Waals surface area contributed by atoms with Gasteiger partial charge >= 0.3 is 0 Å². The average molecular weight is 247 g/mol. The monoisotopic (exact) mass is 247 g/mol. The third-order valence-corrected chi connectivity index (χ3v) is 2.90. The van der Waals surface area contributed by atoms with Crippen molar-refractivity contribution in [3.8, 4) is 0 Å². The lowest BCUT2D eigenvalue weighted by molar-refractivity contribution is 0.659. The van der Waals surface area contributed by atoms with Crippen molar-refractivity contribution in [3.05, 3.63) is 36.4 Å². The number of hydrogen-bond donors (Lipinski definition) is 1. The number of imidazole rings is 2. The predicted octanol–water partition coefficient (Wildman–Crippen LogP) is 1.65. The van der Waals surface area contributed by atoms with E-state index in [0.29, 0.717) is 0 Å². The lowest BCUT2D eigenvalue weighted by Gasteiger charge is -2.05. The highest BCUT2D eigenvalue weighted by molar-refractivity contribution is 5.03. The smallest absolute Gasteiger partial charge is 0.0953 e. The molecule has 0 fully saturated rings. The van der Waals surface area contributed by atoms with Crippen LogP contribution in [0.4, 0.5) is 0 Å². The second-order valence-corrected chi connectivity index (χ2v) is 4.39. The van der Waals surface area contributed by atoms with Crippen LogP contribution in [0.15, 0.2) is 25.0 Å². The van der Waals surface area contributed by atoms with E-state index in [1.54, 1.807) is 0 Å². The maximum atomic E-state index is 4.39. The zero-order valence-electron chi connectivity index (χ0n) is 11.1. The number of aryl methyl sites for hydroxylation is 1. The van der Waals surface area contributed by atoms with E-state index in [2.05, 4.69) is 44.5 Å². The van der Waals surface area contributed by atoms with Gasteiger partial charge in [0.25, 0.3) is 0 Å². The Balaban J connectivity index is 1.94. The van der Waals surface area contributed by atoms with Crippen LogP contribution in [0.2, 0.25) is 0 Å². The number of hydrogen-bond acceptors (Lipinski definition) is 3. The molecule has 2 aromatic rings. The SMILES string of the molecule is CCCNCc1cn(Cc2cncn2CC)cn1. The summed E-state index contributed by atoms with van der Waals surface area (Å²) in [7, 11) is 0. The first kappa shape index (κ1) is 12.8. The van der Waals surface area contributed by atoms with Crippen molar-refractivity contribution >= 4 is 0 Å². The fourth-order valence-electron chi connectivity index (χ4n) is 1.93. The molecule has 0 unspecified atom stereocenters. The third kappa shape index (κ3) is 3.20. The summed E-state index contributed by atoms with van der Waals surface area (Å²) in [5, 5.41) is 3.35. The molecule has 0 spiro atoms. The zero-order valence-corrected chi connectivity index (χ0v) is 11.1. The maximum absolute atomic E-state index is 4.39. The molecule has 0 aliphatic carbocycles.